The number of methoxy groups -OCH3 is 3. The van der Waals surface area contributed by atoms with E-state index in [-0.39, 0.29) is 22.9 Å². The van der Waals surface area contributed by atoms with E-state index < -0.39 is 11.9 Å². The molecule has 0 amide bonds. The van der Waals surface area contributed by atoms with Crippen LogP contribution >= 0.6 is 0 Å². The van der Waals surface area contributed by atoms with Crippen LogP contribution in [0.25, 0.3) is 6.08 Å². The Morgan fingerprint density at radius 3 is 2.30 bits per heavy atom. The molecule has 9 nitrogen and oxygen atoms in total. The molecule has 0 radical (unpaired) electrons. The highest BCUT2D eigenvalue weighted by atomic mass is 16.6. The van der Waals surface area contributed by atoms with Crippen molar-refractivity contribution in [3.8, 4) is 23.0 Å². The predicted molar refractivity (Wildman–Crippen MR) is 117 cm³/mol. The molecule has 1 aromatic heterocycles. The Morgan fingerprint density at radius 2 is 1.67 bits per heavy atom. The largest absolute Gasteiger partial charge is 0.493 e. The number of nitrogens with zero attached hydrogens (tertiary/aromatic N) is 1. The first-order chi connectivity index (χ1) is 16.0. The lowest BCUT2D eigenvalue weighted by molar-refractivity contribution is -0.130. The van der Waals surface area contributed by atoms with E-state index in [0.29, 0.717) is 28.6 Å². The summed E-state index contributed by atoms with van der Waals surface area (Å²) in [6, 6.07) is 13.0. The van der Waals surface area contributed by atoms with Gasteiger partial charge >= 0.3 is 11.9 Å². The molecule has 0 atom stereocenters. The highest BCUT2D eigenvalue weighted by Crippen LogP contribution is 2.38. The van der Waals surface area contributed by atoms with E-state index in [2.05, 4.69) is 4.99 Å². The second-order valence-electron chi connectivity index (χ2n) is 6.65. The molecular formula is C24H19NO8. The highest BCUT2D eigenvalue weighted by Gasteiger charge is 2.26. The molecule has 2 aromatic carbocycles. The number of aliphatic imine (C=N–C) groups is 1. The van der Waals surface area contributed by atoms with Crippen molar-refractivity contribution >= 4 is 23.9 Å². The van der Waals surface area contributed by atoms with Crippen LogP contribution in [0.1, 0.15) is 21.7 Å². The number of hydrogen-bond acceptors (Lipinski definition) is 9. The molecule has 1 aliphatic heterocycles. The van der Waals surface area contributed by atoms with Crippen molar-refractivity contribution in [2.24, 2.45) is 4.99 Å². The minimum atomic E-state index is -0.658. The average molecular weight is 449 g/mol. The first-order valence-corrected chi connectivity index (χ1v) is 9.71. The standard InChI is InChI=1S/C24H19NO8/c1-28-19-12-15(13-20(29-2)21(19)30-3)23(26)32-17-8-5-4-7-14(17)11-16-24(27)33-22(25-16)18-9-6-10-31-18/h4-13H,1-3H3. The van der Waals surface area contributed by atoms with Crippen LogP contribution in [-0.2, 0) is 9.53 Å². The third kappa shape index (κ3) is 4.42. The van der Waals surface area contributed by atoms with Gasteiger partial charge < -0.3 is 28.1 Å². The van der Waals surface area contributed by atoms with Crippen LogP contribution in [0.2, 0.25) is 0 Å². The van der Waals surface area contributed by atoms with Crippen LogP contribution < -0.4 is 18.9 Å². The van der Waals surface area contributed by atoms with Crippen molar-refractivity contribution < 1.29 is 37.7 Å². The number of furan rings is 1. The lowest BCUT2D eigenvalue weighted by Crippen LogP contribution is -2.10. The van der Waals surface area contributed by atoms with Crippen LogP contribution in [0, 0.1) is 0 Å². The molecule has 0 saturated heterocycles. The molecule has 33 heavy (non-hydrogen) atoms. The van der Waals surface area contributed by atoms with Crippen LogP contribution in [0.5, 0.6) is 23.0 Å². The van der Waals surface area contributed by atoms with Gasteiger partial charge in [-0.3, -0.25) is 0 Å². The Kier molecular flexibility index (Phi) is 6.12. The van der Waals surface area contributed by atoms with E-state index in [1.807, 2.05) is 0 Å². The Bertz CT molecular complexity index is 1230. The Hall–Kier alpha value is -4.53. The van der Waals surface area contributed by atoms with Crippen molar-refractivity contribution in [3.63, 3.8) is 0 Å². The fourth-order valence-electron chi connectivity index (χ4n) is 3.11. The molecule has 0 aliphatic carbocycles. The second kappa shape index (κ2) is 9.31. The molecule has 0 saturated carbocycles. The first-order valence-electron chi connectivity index (χ1n) is 9.71. The Labute approximate surface area is 188 Å². The van der Waals surface area contributed by atoms with Gasteiger partial charge in [-0.15, -0.1) is 0 Å². The van der Waals surface area contributed by atoms with Crippen molar-refractivity contribution in [2.75, 3.05) is 21.3 Å². The topological polar surface area (TPSA) is 106 Å². The summed E-state index contributed by atoms with van der Waals surface area (Å²) in [5, 5.41) is 0. The normalized spacial score (nSPS) is 14.0. The fraction of sp³-hybridized carbons (Fsp3) is 0.125. The van der Waals surface area contributed by atoms with Gasteiger partial charge in [-0.05, 0) is 36.4 Å². The number of esters is 2. The van der Waals surface area contributed by atoms with E-state index in [9.17, 15) is 9.59 Å². The van der Waals surface area contributed by atoms with Gasteiger partial charge in [0.1, 0.15) is 5.75 Å². The smallest absolute Gasteiger partial charge is 0.363 e. The lowest BCUT2D eigenvalue weighted by Gasteiger charge is -2.14. The van der Waals surface area contributed by atoms with Crippen molar-refractivity contribution in [2.45, 2.75) is 0 Å². The van der Waals surface area contributed by atoms with Gasteiger partial charge in [0.15, 0.2) is 23.0 Å². The molecule has 0 spiro atoms. The van der Waals surface area contributed by atoms with Crippen LogP contribution in [0.3, 0.4) is 0 Å². The number of cyclic esters (lactones) is 1. The summed E-state index contributed by atoms with van der Waals surface area (Å²) in [6.45, 7) is 0. The molecule has 1 aliphatic rings. The van der Waals surface area contributed by atoms with Gasteiger partial charge in [0.05, 0.1) is 33.2 Å². The minimum absolute atomic E-state index is 0.0395. The fourth-order valence-corrected chi connectivity index (χ4v) is 3.11. The average Bonchev–Trinajstić information content (AvgIpc) is 3.49. The van der Waals surface area contributed by atoms with Crippen LogP contribution in [0.4, 0.5) is 0 Å². The summed E-state index contributed by atoms with van der Waals surface area (Å²) in [4.78, 5) is 29.3. The Balaban J connectivity index is 1.63. The highest BCUT2D eigenvalue weighted by molar-refractivity contribution is 6.12. The third-order valence-electron chi connectivity index (χ3n) is 4.67. The van der Waals surface area contributed by atoms with Crippen molar-refractivity contribution in [1.82, 2.24) is 0 Å². The van der Waals surface area contributed by atoms with Crippen molar-refractivity contribution in [3.05, 3.63) is 77.4 Å². The summed E-state index contributed by atoms with van der Waals surface area (Å²) < 4.78 is 31.8. The van der Waals surface area contributed by atoms with Gasteiger partial charge in [0, 0.05) is 5.56 Å². The molecule has 2 heterocycles. The molecule has 0 bridgehead atoms. The van der Waals surface area contributed by atoms with E-state index in [1.54, 1.807) is 36.4 Å². The summed E-state index contributed by atoms with van der Waals surface area (Å²) in [5.74, 6) is 0.281. The second-order valence-corrected chi connectivity index (χ2v) is 6.65. The number of hydrogen-bond donors (Lipinski definition) is 0. The number of benzene rings is 2. The first kappa shape index (κ1) is 21.7. The minimum Gasteiger partial charge on any atom is -0.493 e. The molecule has 3 aromatic rings. The number of rotatable bonds is 7. The SMILES string of the molecule is COc1cc(C(=O)Oc2ccccc2C=C2N=C(c3ccco3)OC2=O)cc(OC)c1OC. The number of ether oxygens (including phenoxy) is 5. The maximum atomic E-state index is 12.9. The zero-order chi connectivity index (χ0) is 23.4. The number of para-hydroxylation sites is 1. The van der Waals surface area contributed by atoms with E-state index in [1.165, 1.54) is 45.8 Å². The van der Waals surface area contributed by atoms with Crippen LogP contribution in [-0.4, -0.2) is 39.2 Å². The van der Waals surface area contributed by atoms with Gasteiger partial charge in [-0.25, -0.2) is 14.6 Å². The molecule has 0 N–H and O–H groups in total. The zero-order valence-corrected chi connectivity index (χ0v) is 18.0. The molecule has 0 unspecified atom stereocenters. The van der Waals surface area contributed by atoms with E-state index >= 15 is 0 Å². The van der Waals surface area contributed by atoms with E-state index in [4.69, 9.17) is 28.1 Å². The zero-order valence-electron chi connectivity index (χ0n) is 18.0. The molecule has 9 heteroatoms. The quantitative estimate of drug-likeness (QED) is 0.304. The molecule has 4 rings (SSSR count). The van der Waals surface area contributed by atoms with Gasteiger partial charge in [0.25, 0.3) is 5.90 Å². The number of carbonyl (C=O) groups is 2. The maximum Gasteiger partial charge on any atom is 0.363 e. The monoisotopic (exact) mass is 449 g/mol. The third-order valence-corrected chi connectivity index (χ3v) is 4.67. The van der Waals surface area contributed by atoms with Gasteiger partial charge in [-0.2, -0.15) is 0 Å². The summed E-state index contributed by atoms with van der Waals surface area (Å²) in [7, 11) is 4.37. The summed E-state index contributed by atoms with van der Waals surface area (Å²) in [5.41, 5.74) is 0.678. The van der Waals surface area contributed by atoms with Gasteiger partial charge in [0.2, 0.25) is 5.75 Å². The lowest BCUT2D eigenvalue weighted by atomic mass is 10.1. The predicted octanol–water partition coefficient (Wildman–Crippen LogP) is 3.87. The van der Waals surface area contributed by atoms with Gasteiger partial charge in [-0.1, -0.05) is 18.2 Å². The Morgan fingerprint density at radius 1 is 0.939 bits per heavy atom. The van der Waals surface area contributed by atoms with Crippen molar-refractivity contribution in [1.29, 1.82) is 0 Å². The molecule has 0 fully saturated rings. The van der Waals surface area contributed by atoms with Crippen LogP contribution in [0.15, 0.2) is 69.9 Å². The molecule has 168 valence electrons. The number of carbonyl (C=O) groups excluding carboxylic acids is 2. The van der Waals surface area contributed by atoms with E-state index in [0.717, 1.165) is 0 Å². The summed E-state index contributed by atoms with van der Waals surface area (Å²) in [6.07, 6.45) is 2.92. The summed E-state index contributed by atoms with van der Waals surface area (Å²) >= 11 is 0. The maximum absolute atomic E-state index is 12.9. The molecular weight excluding hydrogens is 430 g/mol.